The minimum absolute atomic E-state index is 0.727. The molecule has 0 atom stereocenters. The summed E-state index contributed by atoms with van der Waals surface area (Å²) in [5.41, 5.74) is 3.45. The summed E-state index contributed by atoms with van der Waals surface area (Å²) in [5, 5.41) is 8.71. The van der Waals surface area contributed by atoms with E-state index in [1.165, 1.54) is 11.1 Å². The molecule has 2 heteroatoms. The van der Waals surface area contributed by atoms with Crippen LogP contribution in [0.1, 0.15) is 24.0 Å². The Morgan fingerprint density at radius 2 is 1.81 bits per heavy atom. The summed E-state index contributed by atoms with van der Waals surface area (Å²) in [5.74, 6) is 0. The van der Waals surface area contributed by atoms with Gasteiger partial charge in [0.05, 0.1) is 11.6 Å². The minimum Gasteiger partial charge on any atom is -0.306 e. The number of likely N-dealkylation sites (tertiary alicyclic amines) is 1. The molecule has 16 heavy (non-hydrogen) atoms. The quantitative estimate of drug-likeness (QED) is 0.715. The Kier molecular flexibility index (Phi) is 3.38. The van der Waals surface area contributed by atoms with E-state index in [0.29, 0.717) is 0 Å². The summed E-state index contributed by atoms with van der Waals surface area (Å²) in [6.45, 7) is 2.31. The molecule has 0 spiro atoms. The van der Waals surface area contributed by atoms with Gasteiger partial charge in [0.2, 0.25) is 0 Å². The fourth-order valence-electron chi connectivity index (χ4n) is 1.94. The molecule has 1 heterocycles. The van der Waals surface area contributed by atoms with E-state index in [-0.39, 0.29) is 0 Å². The molecule has 0 saturated carbocycles. The fourth-order valence-corrected chi connectivity index (χ4v) is 1.94. The van der Waals surface area contributed by atoms with Gasteiger partial charge in [-0.3, -0.25) is 0 Å². The van der Waals surface area contributed by atoms with E-state index >= 15 is 0 Å². The van der Waals surface area contributed by atoms with Gasteiger partial charge in [0, 0.05) is 13.1 Å². The molecule has 82 valence electrons. The molecule has 0 N–H and O–H groups in total. The molecule has 1 aromatic rings. The maximum Gasteiger partial charge on any atom is 0.0991 e. The van der Waals surface area contributed by atoms with Crippen molar-refractivity contribution >= 4 is 6.08 Å². The monoisotopic (exact) mass is 212 g/mol. The first-order valence-corrected chi connectivity index (χ1v) is 5.66. The fraction of sp³-hybridized carbons (Fsp3) is 0.357. The highest BCUT2D eigenvalue weighted by Crippen LogP contribution is 2.18. The van der Waals surface area contributed by atoms with E-state index in [4.69, 9.17) is 5.26 Å². The van der Waals surface area contributed by atoms with Crippen LogP contribution in [-0.2, 0) is 0 Å². The SMILES string of the molecule is CN1CCC(=Cc2ccc(C#N)cc2)CC1. The molecule has 0 amide bonds. The third-order valence-corrected chi connectivity index (χ3v) is 3.04. The number of piperidine rings is 1. The summed E-state index contributed by atoms with van der Waals surface area (Å²) in [6, 6.07) is 9.92. The molecule has 2 rings (SSSR count). The van der Waals surface area contributed by atoms with Gasteiger partial charge in [-0.1, -0.05) is 23.8 Å². The van der Waals surface area contributed by atoms with E-state index in [9.17, 15) is 0 Å². The van der Waals surface area contributed by atoms with Crippen molar-refractivity contribution < 1.29 is 0 Å². The number of rotatable bonds is 1. The zero-order valence-electron chi connectivity index (χ0n) is 9.61. The Bertz CT molecular complexity index is 413. The molecule has 1 aliphatic heterocycles. The van der Waals surface area contributed by atoms with E-state index in [1.54, 1.807) is 0 Å². The Morgan fingerprint density at radius 3 is 2.38 bits per heavy atom. The van der Waals surface area contributed by atoms with E-state index in [1.807, 2.05) is 24.3 Å². The Balaban J connectivity index is 2.08. The molecular weight excluding hydrogens is 196 g/mol. The normalized spacial score (nSPS) is 16.9. The van der Waals surface area contributed by atoms with Gasteiger partial charge in [-0.2, -0.15) is 5.26 Å². The average Bonchev–Trinajstić information content (AvgIpc) is 2.33. The van der Waals surface area contributed by atoms with E-state index in [0.717, 1.165) is 31.5 Å². The third kappa shape index (κ3) is 2.71. The smallest absolute Gasteiger partial charge is 0.0991 e. The lowest BCUT2D eigenvalue weighted by molar-refractivity contribution is 0.313. The van der Waals surface area contributed by atoms with Gasteiger partial charge in [-0.05, 0) is 37.6 Å². The zero-order valence-corrected chi connectivity index (χ0v) is 9.61. The first kappa shape index (κ1) is 10.9. The number of nitrogens with zero attached hydrogens (tertiary/aromatic N) is 2. The summed E-state index contributed by atoms with van der Waals surface area (Å²) in [6.07, 6.45) is 4.58. The summed E-state index contributed by atoms with van der Waals surface area (Å²) < 4.78 is 0. The maximum atomic E-state index is 8.71. The van der Waals surface area contributed by atoms with Crippen molar-refractivity contribution in [3.05, 3.63) is 41.0 Å². The molecule has 1 aliphatic rings. The van der Waals surface area contributed by atoms with Crippen LogP contribution >= 0.6 is 0 Å². The van der Waals surface area contributed by atoms with Crippen molar-refractivity contribution in [1.29, 1.82) is 5.26 Å². The molecule has 1 fully saturated rings. The van der Waals surface area contributed by atoms with Crippen LogP contribution in [0.5, 0.6) is 0 Å². The first-order chi connectivity index (χ1) is 7.78. The van der Waals surface area contributed by atoms with Gasteiger partial charge in [-0.15, -0.1) is 0 Å². The lowest BCUT2D eigenvalue weighted by Crippen LogP contribution is -2.26. The average molecular weight is 212 g/mol. The van der Waals surface area contributed by atoms with Gasteiger partial charge in [0.15, 0.2) is 0 Å². The molecule has 1 aromatic carbocycles. The second-order valence-corrected chi connectivity index (χ2v) is 4.34. The van der Waals surface area contributed by atoms with E-state index < -0.39 is 0 Å². The highest BCUT2D eigenvalue weighted by Gasteiger charge is 2.09. The topological polar surface area (TPSA) is 27.0 Å². The molecule has 0 radical (unpaired) electrons. The second kappa shape index (κ2) is 4.96. The van der Waals surface area contributed by atoms with Crippen LogP contribution in [0.2, 0.25) is 0 Å². The van der Waals surface area contributed by atoms with Crippen LogP contribution in [0, 0.1) is 11.3 Å². The van der Waals surface area contributed by atoms with Crippen LogP contribution in [0.25, 0.3) is 6.08 Å². The van der Waals surface area contributed by atoms with Crippen LogP contribution in [-0.4, -0.2) is 25.0 Å². The van der Waals surface area contributed by atoms with Gasteiger partial charge >= 0.3 is 0 Å². The van der Waals surface area contributed by atoms with Crippen molar-refractivity contribution in [2.24, 2.45) is 0 Å². The van der Waals surface area contributed by atoms with Crippen molar-refractivity contribution in [3.63, 3.8) is 0 Å². The van der Waals surface area contributed by atoms with E-state index in [2.05, 4.69) is 24.1 Å². The molecule has 2 nitrogen and oxygen atoms in total. The van der Waals surface area contributed by atoms with Crippen molar-refractivity contribution in [2.45, 2.75) is 12.8 Å². The van der Waals surface area contributed by atoms with Crippen LogP contribution in [0.4, 0.5) is 0 Å². The molecule has 0 unspecified atom stereocenters. The zero-order chi connectivity index (χ0) is 11.4. The largest absolute Gasteiger partial charge is 0.306 e. The van der Waals surface area contributed by atoms with Crippen molar-refractivity contribution in [1.82, 2.24) is 4.90 Å². The highest BCUT2D eigenvalue weighted by atomic mass is 15.1. The molecular formula is C14H16N2. The lowest BCUT2D eigenvalue weighted by atomic mass is 10.0. The predicted molar refractivity (Wildman–Crippen MR) is 65.9 cm³/mol. The lowest BCUT2D eigenvalue weighted by Gasteiger charge is -2.24. The number of nitriles is 1. The number of hydrogen-bond donors (Lipinski definition) is 0. The highest BCUT2D eigenvalue weighted by molar-refractivity contribution is 5.54. The Morgan fingerprint density at radius 1 is 1.19 bits per heavy atom. The predicted octanol–water partition coefficient (Wildman–Crippen LogP) is 2.67. The van der Waals surface area contributed by atoms with Crippen LogP contribution in [0.15, 0.2) is 29.8 Å². The van der Waals surface area contributed by atoms with Gasteiger partial charge < -0.3 is 4.90 Å². The van der Waals surface area contributed by atoms with Crippen molar-refractivity contribution in [3.8, 4) is 6.07 Å². The summed E-state index contributed by atoms with van der Waals surface area (Å²) >= 11 is 0. The minimum atomic E-state index is 0.727. The van der Waals surface area contributed by atoms with Crippen LogP contribution in [0.3, 0.4) is 0 Å². The first-order valence-electron chi connectivity index (χ1n) is 5.66. The molecule has 0 aromatic heterocycles. The van der Waals surface area contributed by atoms with Crippen LogP contribution < -0.4 is 0 Å². The second-order valence-electron chi connectivity index (χ2n) is 4.34. The third-order valence-electron chi connectivity index (χ3n) is 3.04. The number of hydrogen-bond acceptors (Lipinski definition) is 2. The van der Waals surface area contributed by atoms with Gasteiger partial charge in [-0.25, -0.2) is 0 Å². The Hall–Kier alpha value is -1.59. The molecule has 0 bridgehead atoms. The Labute approximate surface area is 96.8 Å². The summed E-state index contributed by atoms with van der Waals surface area (Å²) in [7, 11) is 2.17. The van der Waals surface area contributed by atoms with Gasteiger partial charge in [0.1, 0.15) is 0 Å². The number of benzene rings is 1. The van der Waals surface area contributed by atoms with Gasteiger partial charge in [0.25, 0.3) is 0 Å². The molecule has 0 aliphatic carbocycles. The standard InChI is InChI=1S/C14H16N2/c1-16-8-6-13(7-9-16)10-12-2-4-14(11-15)5-3-12/h2-5,10H,6-9H2,1H3. The van der Waals surface area contributed by atoms with Crippen molar-refractivity contribution in [2.75, 3.05) is 20.1 Å². The maximum absolute atomic E-state index is 8.71. The molecule has 1 saturated heterocycles. The summed E-state index contributed by atoms with van der Waals surface area (Å²) in [4.78, 5) is 2.36.